The van der Waals surface area contributed by atoms with Gasteiger partial charge in [-0.1, -0.05) is 20.8 Å². The van der Waals surface area contributed by atoms with E-state index in [-0.39, 0.29) is 29.4 Å². The van der Waals surface area contributed by atoms with Gasteiger partial charge in [0.25, 0.3) is 0 Å². The van der Waals surface area contributed by atoms with Crippen molar-refractivity contribution in [3.8, 4) is 6.07 Å². The van der Waals surface area contributed by atoms with Gasteiger partial charge in [-0.15, -0.1) is 0 Å². The first-order valence-electron chi connectivity index (χ1n) is 10.5. The molecule has 3 rings (SSSR count). The van der Waals surface area contributed by atoms with E-state index in [1.165, 1.54) is 16.6 Å². The van der Waals surface area contributed by atoms with Gasteiger partial charge >= 0.3 is 18.0 Å². The van der Waals surface area contributed by atoms with Crippen molar-refractivity contribution in [1.29, 1.82) is 5.26 Å². The first-order chi connectivity index (χ1) is 16.1. The van der Waals surface area contributed by atoms with Gasteiger partial charge in [-0.2, -0.15) is 10.4 Å². The number of aromatic nitrogens is 3. The molecule has 13 nitrogen and oxygen atoms in total. The zero-order valence-corrected chi connectivity index (χ0v) is 19.0. The van der Waals surface area contributed by atoms with E-state index in [2.05, 4.69) is 15.4 Å². The third-order valence-electron chi connectivity index (χ3n) is 5.20. The van der Waals surface area contributed by atoms with Crippen LogP contribution in [0.2, 0.25) is 0 Å². The van der Waals surface area contributed by atoms with Gasteiger partial charge < -0.3 is 24.1 Å². The molecule has 182 valence electrons. The second-order valence-electron chi connectivity index (χ2n) is 7.84. The van der Waals surface area contributed by atoms with Crippen LogP contribution in [0.1, 0.15) is 39.8 Å². The zero-order chi connectivity index (χ0) is 25.0. The maximum atomic E-state index is 12.1. The third-order valence-corrected chi connectivity index (χ3v) is 5.20. The summed E-state index contributed by atoms with van der Waals surface area (Å²) in [6.45, 7) is 5.89. The third kappa shape index (κ3) is 4.63. The lowest BCUT2D eigenvalue weighted by Gasteiger charge is -2.24. The van der Waals surface area contributed by atoms with Crippen molar-refractivity contribution in [1.82, 2.24) is 14.6 Å². The monoisotopic (exact) mass is 475 g/mol. The van der Waals surface area contributed by atoms with Crippen molar-refractivity contribution in [2.24, 2.45) is 5.92 Å². The van der Waals surface area contributed by atoms with Gasteiger partial charge in [-0.3, -0.25) is 14.9 Å². The SMILES string of the molecule is CCC(=O)O[C@H]1[C@@H](O)[C@](C#N)(c2ccc3c(NC(=O)OCOC(=O)C(C)C)ncnn23)O[C@@H]1C. The summed E-state index contributed by atoms with van der Waals surface area (Å²) in [5.74, 6) is -1.41. The minimum absolute atomic E-state index is 0.0315. The fourth-order valence-corrected chi connectivity index (χ4v) is 3.43. The summed E-state index contributed by atoms with van der Waals surface area (Å²) in [6, 6.07) is 4.97. The van der Waals surface area contributed by atoms with E-state index in [9.17, 15) is 24.8 Å². The van der Waals surface area contributed by atoms with E-state index in [1.807, 2.05) is 6.07 Å². The Balaban J connectivity index is 1.84. The van der Waals surface area contributed by atoms with Crippen LogP contribution in [0, 0.1) is 17.2 Å². The van der Waals surface area contributed by atoms with E-state index < -0.39 is 48.7 Å². The Bertz CT molecular complexity index is 1130. The second-order valence-corrected chi connectivity index (χ2v) is 7.84. The molecule has 4 atom stereocenters. The number of anilines is 1. The smallest absolute Gasteiger partial charge is 0.415 e. The lowest BCUT2D eigenvalue weighted by molar-refractivity contribution is -0.156. The minimum Gasteiger partial charge on any atom is -0.457 e. The van der Waals surface area contributed by atoms with E-state index in [1.54, 1.807) is 27.7 Å². The van der Waals surface area contributed by atoms with Gasteiger partial charge in [-0.25, -0.2) is 14.3 Å². The number of fused-ring (bicyclic) bond motifs is 1. The molecule has 1 aliphatic heterocycles. The Morgan fingerprint density at radius 2 is 2.09 bits per heavy atom. The Morgan fingerprint density at radius 3 is 2.74 bits per heavy atom. The van der Waals surface area contributed by atoms with Gasteiger partial charge in [-0.05, 0) is 19.1 Å². The van der Waals surface area contributed by atoms with Crippen molar-refractivity contribution in [3.63, 3.8) is 0 Å². The molecule has 1 amide bonds. The Kier molecular flexibility index (Phi) is 7.33. The number of nitriles is 1. The van der Waals surface area contributed by atoms with Crippen LogP contribution in [0.5, 0.6) is 0 Å². The van der Waals surface area contributed by atoms with Crippen molar-refractivity contribution >= 4 is 29.4 Å². The average Bonchev–Trinajstić information content (AvgIpc) is 3.34. The summed E-state index contributed by atoms with van der Waals surface area (Å²) in [5, 5.41) is 27.4. The van der Waals surface area contributed by atoms with Gasteiger partial charge in [0.2, 0.25) is 12.4 Å². The molecule has 1 aliphatic rings. The van der Waals surface area contributed by atoms with Crippen LogP contribution in [0.4, 0.5) is 10.6 Å². The van der Waals surface area contributed by atoms with Crippen molar-refractivity contribution in [2.45, 2.75) is 58.0 Å². The molecular weight excluding hydrogens is 450 g/mol. The molecular formula is C21H25N5O8. The average molecular weight is 475 g/mol. The molecule has 1 saturated heterocycles. The molecule has 3 heterocycles. The fourth-order valence-electron chi connectivity index (χ4n) is 3.43. The highest BCUT2D eigenvalue weighted by Crippen LogP contribution is 2.41. The Labute approximate surface area is 194 Å². The molecule has 13 heteroatoms. The van der Waals surface area contributed by atoms with Crippen LogP contribution in [0.3, 0.4) is 0 Å². The number of carbonyl (C=O) groups is 3. The van der Waals surface area contributed by atoms with E-state index >= 15 is 0 Å². The molecule has 2 N–H and O–H groups in total. The molecule has 0 bridgehead atoms. The van der Waals surface area contributed by atoms with Crippen LogP contribution in [0.25, 0.3) is 5.52 Å². The Hall–Kier alpha value is -3.76. The second kappa shape index (κ2) is 10.0. The molecule has 0 aliphatic carbocycles. The summed E-state index contributed by atoms with van der Waals surface area (Å²) in [6.07, 6.45) is -3.08. The summed E-state index contributed by atoms with van der Waals surface area (Å²) in [7, 11) is 0. The number of amides is 1. The molecule has 0 spiro atoms. The number of aliphatic hydroxyl groups excluding tert-OH is 1. The van der Waals surface area contributed by atoms with Gasteiger partial charge in [0.05, 0.1) is 17.7 Å². The molecule has 2 aromatic heterocycles. The highest BCUT2D eigenvalue weighted by molar-refractivity contribution is 5.88. The van der Waals surface area contributed by atoms with Gasteiger partial charge in [0, 0.05) is 6.42 Å². The molecule has 2 aromatic rings. The lowest BCUT2D eigenvalue weighted by Crippen LogP contribution is -2.42. The number of ether oxygens (including phenoxy) is 4. The number of nitrogens with zero attached hydrogens (tertiary/aromatic N) is 4. The zero-order valence-electron chi connectivity index (χ0n) is 19.0. The predicted octanol–water partition coefficient (Wildman–Crippen LogP) is 1.25. The lowest BCUT2D eigenvalue weighted by atomic mass is 9.92. The first-order valence-corrected chi connectivity index (χ1v) is 10.5. The number of hydrogen-bond donors (Lipinski definition) is 2. The topological polar surface area (TPSA) is 174 Å². The van der Waals surface area contributed by atoms with Crippen molar-refractivity contribution in [3.05, 3.63) is 24.2 Å². The van der Waals surface area contributed by atoms with E-state index in [0.717, 1.165) is 6.33 Å². The van der Waals surface area contributed by atoms with Crippen LogP contribution in [-0.4, -0.2) is 62.8 Å². The summed E-state index contributed by atoms with van der Waals surface area (Å²) >= 11 is 0. The number of aliphatic hydroxyl groups is 1. The molecule has 1 fully saturated rings. The number of rotatable bonds is 7. The largest absolute Gasteiger partial charge is 0.457 e. The van der Waals surface area contributed by atoms with E-state index in [4.69, 9.17) is 18.9 Å². The van der Waals surface area contributed by atoms with Crippen LogP contribution in [-0.2, 0) is 34.1 Å². The van der Waals surface area contributed by atoms with Crippen LogP contribution < -0.4 is 5.32 Å². The fraction of sp³-hybridized carbons (Fsp3) is 0.524. The number of esters is 2. The van der Waals surface area contributed by atoms with Gasteiger partial charge in [0.1, 0.15) is 24.0 Å². The van der Waals surface area contributed by atoms with Gasteiger partial charge in [0.15, 0.2) is 11.9 Å². The van der Waals surface area contributed by atoms with E-state index in [0.29, 0.717) is 0 Å². The minimum atomic E-state index is -1.90. The quantitative estimate of drug-likeness (QED) is 0.435. The standard InChI is InChI=1S/C21H25N5O8/c1-5-15(27)33-16-12(4)34-21(8-22,17(16)28)14-7-6-13-18(23-9-24-26(13)14)25-20(30)32-10-31-19(29)11(2)3/h6-7,9,11-12,16-17,28H,5,10H2,1-4H3,(H,23,24,25,30)/t12-,16-,17-,21+/m1/s1. The number of nitrogens with one attached hydrogen (secondary N) is 1. The summed E-state index contributed by atoms with van der Waals surface area (Å²) in [4.78, 5) is 39.3. The predicted molar refractivity (Wildman–Crippen MR) is 113 cm³/mol. The van der Waals surface area contributed by atoms with Crippen LogP contribution in [0.15, 0.2) is 18.5 Å². The molecule has 0 unspecified atom stereocenters. The summed E-state index contributed by atoms with van der Waals surface area (Å²) in [5.41, 5.74) is -1.49. The molecule has 0 radical (unpaired) electrons. The first kappa shape index (κ1) is 24.9. The number of hydrogen-bond acceptors (Lipinski definition) is 11. The maximum absolute atomic E-state index is 12.1. The molecule has 0 aromatic carbocycles. The maximum Gasteiger partial charge on any atom is 0.415 e. The van der Waals surface area contributed by atoms with Crippen molar-refractivity contribution in [2.75, 3.05) is 12.1 Å². The summed E-state index contributed by atoms with van der Waals surface area (Å²) < 4.78 is 22.0. The molecule has 34 heavy (non-hydrogen) atoms. The number of carbonyl (C=O) groups excluding carboxylic acids is 3. The van der Waals surface area contributed by atoms with Crippen LogP contribution >= 0.6 is 0 Å². The molecule has 0 saturated carbocycles. The normalized spacial score (nSPS) is 24.0. The highest BCUT2D eigenvalue weighted by Gasteiger charge is 2.58. The Morgan fingerprint density at radius 1 is 1.35 bits per heavy atom. The van der Waals surface area contributed by atoms with Crippen molar-refractivity contribution < 1.29 is 38.4 Å². The highest BCUT2D eigenvalue weighted by atomic mass is 16.7.